The molecule has 3 heterocycles. The van der Waals surface area contributed by atoms with Gasteiger partial charge in [0.2, 0.25) is 0 Å². The molecule has 11 heteroatoms. The van der Waals surface area contributed by atoms with Gasteiger partial charge in [-0.15, -0.1) is 11.6 Å². The highest BCUT2D eigenvalue weighted by molar-refractivity contribution is 8.14. The second kappa shape index (κ2) is 16.5. The molecule has 38 heavy (non-hydrogen) atoms. The van der Waals surface area contributed by atoms with E-state index in [0.717, 1.165) is 49.8 Å². The molecule has 214 valence electrons. The average Bonchev–Trinajstić information content (AvgIpc) is 2.94. The van der Waals surface area contributed by atoms with Gasteiger partial charge >= 0.3 is 11.9 Å². The Morgan fingerprint density at radius 2 is 1.63 bits per heavy atom. The van der Waals surface area contributed by atoms with E-state index in [-0.39, 0.29) is 22.0 Å². The molecule has 1 amide bonds. The molecular weight excluding hydrogens is 534 g/mol. The SMILES string of the molecule is CCC1SC(=O)N(CCN2CCCCC2)N=C1c1ccc(OC(F)F)c(OC)c1.ClCCN1CCCCC1. The Balaban J connectivity index is 0.000000375. The van der Waals surface area contributed by atoms with E-state index in [1.807, 2.05) is 6.92 Å². The molecule has 0 N–H and O–H groups in total. The largest absolute Gasteiger partial charge is 0.493 e. The van der Waals surface area contributed by atoms with E-state index in [1.54, 1.807) is 12.1 Å². The number of hydrazone groups is 1. The number of rotatable bonds is 10. The Kier molecular flexibility index (Phi) is 13.4. The fraction of sp³-hybridized carbons (Fsp3) is 0.704. The van der Waals surface area contributed by atoms with Crippen LogP contribution in [-0.4, -0.2) is 96.4 Å². The molecule has 0 bridgehead atoms. The van der Waals surface area contributed by atoms with Gasteiger partial charge in [0, 0.05) is 24.5 Å². The van der Waals surface area contributed by atoms with E-state index >= 15 is 0 Å². The summed E-state index contributed by atoms with van der Waals surface area (Å²) in [5.74, 6) is 0.975. The number of ether oxygens (including phenoxy) is 2. The number of carbonyl (C=O) groups excluding carboxylic acids is 1. The lowest BCUT2D eigenvalue weighted by Gasteiger charge is -2.31. The number of hydrogen-bond acceptors (Lipinski definition) is 7. The Morgan fingerprint density at radius 3 is 2.18 bits per heavy atom. The van der Waals surface area contributed by atoms with E-state index < -0.39 is 6.61 Å². The van der Waals surface area contributed by atoms with Crippen LogP contribution >= 0.6 is 23.4 Å². The van der Waals surface area contributed by atoms with Crippen molar-refractivity contribution in [2.75, 3.05) is 58.8 Å². The van der Waals surface area contributed by atoms with E-state index in [4.69, 9.17) is 16.3 Å². The number of benzene rings is 1. The average molecular weight is 575 g/mol. The van der Waals surface area contributed by atoms with Gasteiger partial charge in [-0.1, -0.05) is 31.5 Å². The van der Waals surface area contributed by atoms with E-state index in [2.05, 4.69) is 19.6 Å². The zero-order valence-electron chi connectivity index (χ0n) is 22.5. The van der Waals surface area contributed by atoms with Crippen molar-refractivity contribution in [3.63, 3.8) is 0 Å². The minimum Gasteiger partial charge on any atom is -0.493 e. The van der Waals surface area contributed by atoms with E-state index in [1.165, 1.54) is 81.6 Å². The van der Waals surface area contributed by atoms with Crippen LogP contribution < -0.4 is 9.47 Å². The molecule has 2 saturated heterocycles. The lowest BCUT2D eigenvalue weighted by Crippen LogP contribution is -2.41. The van der Waals surface area contributed by atoms with Gasteiger partial charge < -0.3 is 19.3 Å². The van der Waals surface area contributed by atoms with Crippen LogP contribution in [0.1, 0.15) is 57.4 Å². The van der Waals surface area contributed by atoms with Gasteiger partial charge in [-0.3, -0.25) is 4.79 Å². The first-order valence-corrected chi connectivity index (χ1v) is 15.1. The summed E-state index contributed by atoms with van der Waals surface area (Å²) in [5, 5.41) is 6.02. The Morgan fingerprint density at radius 1 is 1.00 bits per heavy atom. The number of halogens is 3. The maximum Gasteiger partial charge on any atom is 0.387 e. The Hall–Kier alpha value is -1.62. The first-order chi connectivity index (χ1) is 18.4. The molecule has 2 fully saturated rings. The minimum absolute atomic E-state index is 0.0265. The summed E-state index contributed by atoms with van der Waals surface area (Å²) < 4.78 is 34.9. The van der Waals surface area contributed by atoms with Crippen LogP contribution in [0.4, 0.5) is 13.6 Å². The van der Waals surface area contributed by atoms with Gasteiger partial charge in [0.05, 0.1) is 24.6 Å². The Labute approximate surface area is 234 Å². The van der Waals surface area contributed by atoms with Crippen molar-refractivity contribution in [1.82, 2.24) is 14.8 Å². The first-order valence-electron chi connectivity index (χ1n) is 13.7. The zero-order valence-corrected chi connectivity index (χ0v) is 24.1. The van der Waals surface area contributed by atoms with Gasteiger partial charge in [-0.2, -0.15) is 13.9 Å². The molecule has 3 aliphatic heterocycles. The third-order valence-corrected chi connectivity index (χ3v) is 8.38. The summed E-state index contributed by atoms with van der Waals surface area (Å²) in [4.78, 5) is 17.4. The topological polar surface area (TPSA) is 57.6 Å². The molecule has 0 radical (unpaired) electrons. The number of alkyl halides is 3. The van der Waals surface area contributed by atoms with Crippen LogP contribution in [0.2, 0.25) is 0 Å². The van der Waals surface area contributed by atoms with Crippen LogP contribution in [0.25, 0.3) is 0 Å². The van der Waals surface area contributed by atoms with E-state index in [9.17, 15) is 13.6 Å². The third kappa shape index (κ3) is 9.54. The van der Waals surface area contributed by atoms with Crippen molar-refractivity contribution in [3.8, 4) is 11.5 Å². The molecule has 0 spiro atoms. The van der Waals surface area contributed by atoms with Crippen LogP contribution in [0, 0.1) is 0 Å². The second-order valence-corrected chi connectivity index (χ2v) is 11.2. The number of hydrogen-bond donors (Lipinski definition) is 0. The fourth-order valence-electron chi connectivity index (χ4n) is 4.88. The van der Waals surface area contributed by atoms with Crippen molar-refractivity contribution in [1.29, 1.82) is 0 Å². The Bertz CT molecular complexity index is 896. The molecule has 1 unspecified atom stereocenters. The lowest BCUT2D eigenvalue weighted by atomic mass is 10.0. The predicted octanol–water partition coefficient (Wildman–Crippen LogP) is 6.15. The maximum absolute atomic E-state index is 12.6. The van der Waals surface area contributed by atoms with Gasteiger partial charge in [-0.25, -0.2) is 5.01 Å². The van der Waals surface area contributed by atoms with Crippen LogP contribution in [0.5, 0.6) is 11.5 Å². The van der Waals surface area contributed by atoms with Crippen LogP contribution in [-0.2, 0) is 0 Å². The molecule has 1 aromatic rings. The number of methoxy groups -OCH3 is 1. The molecule has 1 aromatic carbocycles. The highest BCUT2D eigenvalue weighted by Gasteiger charge is 2.31. The van der Waals surface area contributed by atoms with Crippen molar-refractivity contribution in [3.05, 3.63) is 23.8 Å². The number of likely N-dealkylation sites (tertiary alicyclic amines) is 2. The summed E-state index contributed by atoms with van der Waals surface area (Å²) >= 11 is 6.85. The van der Waals surface area contributed by atoms with Gasteiger partial charge in [0.1, 0.15) is 0 Å². The molecule has 0 aromatic heterocycles. The zero-order chi connectivity index (χ0) is 27.3. The van der Waals surface area contributed by atoms with Gasteiger partial charge in [-0.05, 0) is 76.5 Å². The molecule has 3 aliphatic rings. The predicted molar refractivity (Wildman–Crippen MR) is 151 cm³/mol. The highest BCUT2D eigenvalue weighted by atomic mass is 35.5. The lowest BCUT2D eigenvalue weighted by molar-refractivity contribution is -0.0512. The summed E-state index contributed by atoms with van der Waals surface area (Å²) in [6.07, 6.45) is 8.55. The quantitative estimate of drug-likeness (QED) is 0.313. The highest BCUT2D eigenvalue weighted by Crippen LogP contribution is 2.34. The van der Waals surface area contributed by atoms with E-state index in [0.29, 0.717) is 6.54 Å². The van der Waals surface area contributed by atoms with Gasteiger partial charge in [0.25, 0.3) is 0 Å². The number of thioether (sulfide) groups is 1. The standard InChI is InChI=1S/C20H27F2N3O3S.C7H14ClN/c1-3-17-18(14-7-8-15(28-19(21)22)16(13-14)27-2)23-25(20(26)29-17)12-11-24-9-5-4-6-10-24;8-4-7-9-5-2-1-3-6-9/h7-8,13,17,19H,3-6,9-12H2,1-2H3;1-7H2. The number of nitrogens with zero attached hydrogens (tertiary/aromatic N) is 4. The number of amides is 1. The molecule has 0 saturated carbocycles. The molecule has 0 aliphatic carbocycles. The summed E-state index contributed by atoms with van der Waals surface area (Å²) in [5.41, 5.74) is 1.48. The molecule has 4 rings (SSSR count). The second-order valence-electron chi connectivity index (χ2n) is 9.63. The van der Waals surface area contributed by atoms with Crippen LogP contribution in [0.3, 0.4) is 0 Å². The fourth-order valence-corrected chi connectivity index (χ4v) is 6.07. The number of carbonyl (C=O) groups is 1. The minimum atomic E-state index is -2.93. The van der Waals surface area contributed by atoms with Gasteiger partial charge in [0.15, 0.2) is 11.5 Å². The van der Waals surface area contributed by atoms with Crippen molar-refractivity contribution >= 4 is 34.3 Å². The smallest absolute Gasteiger partial charge is 0.387 e. The first kappa shape index (κ1) is 30.9. The molecule has 7 nitrogen and oxygen atoms in total. The van der Waals surface area contributed by atoms with Crippen molar-refractivity contribution in [2.24, 2.45) is 5.10 Å². The maximum atomic E-state index is 12.6. The number of piperidine rings is 2. The summed E-state index contributed by atoms with van der Waals surface area (Å²) in [7, 11) is 1.40. The van der Waals surface area contributed by atoms with Crippen molar-refractivity contribution < 1.29 is 23.0 Å². The summed E-state index contributed by atoms with van der Waals surface area (Å²) in [6.45, 7) is 6.15. The summed E-state index contributed by atoms with van der Waals surface area (Å²) in [6, 6.07) is 4.77. The van der Waals surface area contributed by atoms with Crippen LogP contribution in [0.15, 0.2) is 23.3 Å². The normalized spacial score (nSPS) is 21.1. The molecule has 1 atom stereocenters. The monoisotopic (exact) mass is 574 g/mol. The third-order valence-electron chi connectivity index (χ3n) is 6.96. The van der Waals surface area contributed by atoms with Crippen molar-refractivity contribution in [2.45, 2.75) is 63.7 Å². The molecular formula is C27H41ClF2N4O3S.